The Morgan fingerprint density at radius 2 is 2.00 bits per heavy atom. The van der Waals surface area contributed by atoms with Gasteiger partial charge in [-0.2, -0.15) is 23.1 Å². The van der Waals surface area contributed by atoms with E-state index in [0.29, 0.717) is 30.0 Å². The van der Waals surface area contributed by atoms with Crippen LogP contribution in [0, 0.1) is 0 Å². The Bertz CT molecular complexity index is 1200. The topological polar surface area (TPSA) is 95.2 Å². The number of amides is 1. The highest BCUT2D eigenvalue weighted by molar-refractivity contribution is 5.98. The summed E-state index contributed by atoms with van der Waals surface area (Å²) in [5.74, 6) is 0.697. The zero-order chi connectivity index (χ0) is 22.5. The number of carbonyl (C=O) groups excluding carboxylic acids is 1. The molecule has 2 aromatic heterocycles. The lowest BCUT2D eigenvalue weighted by molar-refractivity contribution is -0.136. The molecule has 5 rings (SSSR count). The molecule has 3 aromatic rings. The molecule has 1 saturated heterocycles. The number of hydrogen-bond acceptors (Lipinski definition) is 6. The number of aromatic nitrogens is 3. The van der Waals surface area contributed by atoms with Gasteiger partial charge in [0, 0.05) is 43.9 Å². The molecule has 0 radical (unpaired) electrons. The Balaban J connectivity index is 1.50. The van der Waals surface area contributed by atoms with E-state index in [-0.39, 0.29) is 28.7 Å². The zero-order valence-electron chi connectivity index (χ0n) is 17.3. The van der Waals surface area contributed by atoms with Crippen LogP contribution in [0.4, 0.5) is 30.6 Å². The summed E-state index contributed by atoms with van der Waals surface area (Å²) in [5.41, 5.74) is 1.21. The molecule has 4 heterocycles. The van der Waals surface area contributed by atoms with E-state index in [1.165, 1.54) is 7.05 Å². The summed E-state index contributed by atoms with van der Waals surface area (Å²) in [6.07, 6.45) is -1.04. The van der Waals surface area contributed by atoms with E-state index < -0.39 is 11.7 Å². The first kappa shape index (κ1) is 20.4. The van der Waals surface area contributed by atoms with Crippen LogP contribution in [-0.4, -0.2) is 52.5 Å². The van der Waals surface area contributed by atoms with Crippen LogP contribution in [0.25, 0.3) is 11.0 Å². The summed E-state index contributed by atoms with van der Waals surface area (Å²) in [4.78, 5) is 25.8. The number of benzene rings is 1. The molecule has 1 fully saturated rings. The number of fused-ring (bicyclic) bond motifs is 2. The number of carbonyl (C=O) groups is 1. The van der Waals surface area contributed by atoms with Gasteiger partial charge < -0.3 is 25.3 Å². The van der Waals surface area contributed by atoms with Crippen LogP contribution in [0.1, 0.15) is 34.3 Å². The summed E-state index contributed by atoms with van der Waals surface area (Å²) < 4.78 is 45.7. The molecule has 3 N–H and O–H groups in total. The van der Waals surface area contributed by atoms with Crippen molar-refractivity contribution < 1.29 is 22.7 Å². The number of ether oxygens (including phenoxy) is 1. The number of H-pyrrole nitrogens is 1. The van der Waals surface area contributed by atoms with E-state index in [1.807, 2.05) is 4.90 Å². The molecule has 1 aromatic carbocycles. The largest absolute Gasteiger partial charge is 0.491 e. The van der Waals surface area contributed by atoms with Gasteiger partial charge in [-0.05, 0) is 25.0 Å². The minimum Gasteiger partial charge on any atom is -0.491 e. The van der Waals surface area contributed by atoms with Gasteiger partial charge >= 0.3 is 6.18 Å². The lowest BCUT2D eigenvalue weighted by Gasteiger charge is -2.18. The van der Waals surface area contributed by atoms with Crippen molar-refractivity contribution in [1.29, 1.82) is 0 Å². The van der Waals surface area contributed by atoms with E-state index in [1.54, 1.807) is 12.1 Å². The summed E-state index contributed by atoms with van der Waals surface area (Å²) in [5, 5.41) is 5.62. The Morgan fingerprint density at radius 1 is 1.22 bits per heavy atom. The van der Waals surface area contributed by atoms with Crippen LogP contribution >= 0.6 is 0 Å². The maximum atomic E-state index is 13.3. The average Bonchev–Trinajstić information content (AvgIpc) is 3.52. The number of rotatable bonds is 4. The highest BCUT2D eigenvalue weighted by Crippen LogP contribution is 2.40. The highest BCUT2D eigenvalue weighted by atomic mass is 19.4. The minimum absolute atomic E-state index is 0.00277. The van der Waals surface area contributed by atoms with E-state index in [4.69, 9.17) is 4.74 Å². The van der Waals surface area contributed by atoms with Crippen molar-refractivity contribution in [1.82, 2.24) is 19.9 Å². The van der Waals surface area contributed by atoms with Gasteiger partial charge in [0.25, 0.3) is 5.91 Å². The van der Waals surface area contributed by atoms with Crippen molar-refractivity contribution in [3.63, 3.8) is 0 Å². The number of hydrogen-bond donors (Lipinski definition) is 3. The monoisotopic (exact) mass is 446 g/mol. The van der Waals surface area contributed by atoms with Gasteiger partial charge in [0.15, 0.2) is 0 Å². The fraction of sp³-hybridized carbons (Fsp3) is 0.381. The van der Waals surface area contributed by atoms with Crippen LogP contribution in [0.5, 0.6) is 5.75 Å². The van der Waals surface area contributed by atoms with Gasteiger partial charge in [-0.25, -0.2) is 0 Å². The first-order valence-corrected chi connectivity index (χ1v) is 10.4. The van der Waals surface area contributed by atoms with Gasteiger partial charge in [-0.15, -0.1) is 0 Å². The lowest BCUT2D eigenvalue weighted by Crippen LogP contribution is -2.28. The Labute approximate surface area is 181 Å². The zero-order valence-corrected chi connectivity index (χ0v) is 17.3. The van der Waals surface area contributed by atoms with Gasteiger partial charge in [0.1, 0.15) is 17.2 Å². The molecule has 0 spiro atoms. The van der Waals surface area contributed by atoms with Crippen molar-refractivity contribution >= 4 is 34.4 Å². The van der Waals surface area contributed by atoms with Crippen LogP contribution in [0.15, 0.2) is 18.3 Å². The van der Waals surface area contributed by atoms with Gasteiger partial charge in [-0.3, -0.25) is 4.79 Å². The van der Waals surface area contributed by atoms with E-state index >= 15 is 0 Å². The Hall–Kier alpha value is -3.50. The SMILES string of the molecule is CNc1nc(Nc2ccc(C(=O)N3CCCC3)c3c2OCC3)nc2[nH]cc(C(F)(F)F)c12. The molecule has 1 amide bonds. The maximum Gasteiger partial charge on any atom is 0.418 e. The second kappa shape index (κ2) is 7.57. The second-order valence-corrected chi connectivity index (χ2v) is 7.76. The number of alkyl halides is 3. The Morgan fingerprint density at radius 3 is 2.72 bits per heavy atom. The van der Waals surface area contributed by atoms with Crippen LogP contribution in [-0.2, 0) is 12.6 Å². The fourth-order valence-electron chi connectivity index (χ4n) is 4.30. The van der Waals surface area contributed by atoms with Crippen LogP contribution < -0.4 is 15.4 Å². The van der Waals surface area contributed by atoms with E-state index in [2.05, 4.69) is 25.6 Å². The van der Waals surface area contributed by atoms with Crippen molar-refractivity contribution in [2.45, 2.75) is 25.4 Å². The van der Waals surface area contributed by atoms with Gasteiger partial charge in [0.05, 0.1) is 23.2 Å². The molecule has 2 aliphatic heterocycles. The molecule has 0 unspecified atom stereocenters. The molecule has 32 heavy (non-hydrogen) atoms. The molecule has 0 saturated carbocycles. The number of aromatic amines is 1. The molecule has 2 aliphatic rings. The van der Waals surface area contributed by atoms with Crippen molar-refractivity contribution in [2.75, 3.05) is 37.4 Å². The normalized spacial score (nSPS) is 15.7. The van der Waals surface area contributed by atoms with Crippen molar-refractivity contribution in [2.24, 2.45) is 0 Å². The third-order valence-electron chi connectivity index (χ3n) is 5.80. The molecule has 0 atom stereocenters. The minimum atomic E-state index is -4.53. The summed E-state index contributed by atoms with van der Waals surface area (Å²) >= 11 is 0. The van der Waals surface area contributed by atoms with Crippen molar-refractivity contribution in [3.8, 4) is 5.75 Å². The molecule has 8 nitrogen and oxygen atoms in total. The molecule has 0 bridgehead atoms. The van der Waals surface area contributed by atoms with Gasteiger partial charge in [-0.1, -0.05) is 0 Å². The third kappa shape index (κ3) is 3.37. The smallest absolute Gasteiger partial charge is 0.418 e. The lowest BCUT2D eigenvalue weighted by atomic mass is 10.0. The fourth-order valence-corrected chi connectivity index (χ4v) is 4.30. The number of anilines is 3. The molecule has 168 valence electrons. The molecular formula is C21H21F3N6O2. The molecular weight excluding hydrogens is 425 g/mol. The summed E-state index contributed by atoms with van der Waals surface area (Å²) in [7, 11) is 1.50. The Kier molecular flexibility index (Phi) is 4.83. The first-order valence-electron chi connectivity index (χ1n) is 10.4. The number of likely N-dealkylation sites (tertiary alicyclic amines) is 1. The highest BCUT2D eigenvalue weighted by Gasteiger charge is 2.35. The standard InChI is InChI=1S/C21H21F3N6O2/c1-25-17-15-13(21(22,23)24)10-26-18(15)29-20(28-17)27-14-5-4-12(11-6-9-32-16(11)14)19(31)30-7-2-3-8-30/h4-5,10H,2-3,6-9H2,1H3,(H3,25,26,27,28,29). The number of nitrogens with zero attached hydrogens (tertiary/aromatic N) is 3. The van der Waals surface area contributed by atoms with Crippen LogP contribution in [0.2, 0.25) is 0 Å². The van der Waals surface area contributed by atoms with E-state index in [0.717, 1.165) is 37.7 Å². The second-order valence-electron chi connectivity index (χ2n) is 7.76. The van der Waals surface area contributed by atoms with Gasteiger partial charge in [0.2, 0.25) is 5.95 Å². The number of nitrogens with one attached hydrogen (secondary N) is 3. The summed E-state index contributed by atoms with van der Waals surface area (Å²) in [6.45, 7) is 1.96. The van der Waals surface area contributed by atoms with Crippen LogP contribution in [0.3, 0.4) is 0 Å². The maximum absolute atomic E-state index is 13.3. The number of halogens is 3. The molecule has 0 aliphatic carbocycles. The average molecular weight is 446 g/mol. The van der Waals surface area contributed by atoms with Crippen molar-refractivity contribution in [3.05, 3.63) is 35.0 Å². The quantitative estimate of drug-likeness (QED) is 0.562. The first-order chi connectivity index (χ1) is 15.4. The third-order valence-corrected chi connectivity index (χ3v) is 5.80. The molecule has 11 heteroatoms. The predicted octanol–water partition coefficient (Wildman–Crippen LogP) is 3.93. The van der Waals surface area contributed by atoms with E-state index in [9.17, 15) is 18.0 Å². The predicted molar refractivity (Wildman–Crippen MR) is 112 cm³/mol. The summed E-state index contributed by atoms with van der Waals surface area (Å²) in [6, 6.07) is 3.47.